The summed E-state index contributed by atoms with van der Waals surface area (Å²) in [6.07, 6.45) is 6.00. The number of likely N-dealkylation sites (tertiary alicyclic amines) is 1. The van der Waals surface area contributed by atoms with Gasteiger partial charge in [-0.25, -0.2) is 22.5 Å². The molecule has 3 aliphatic rings. The molecule has 3 heterocycles. The first kappa shape index (κ1) is 25.0. The number of hydrogen-bond donors (Lipinski definition) is 0. The summed E-state index contributed by atoms with van der Waals surface area (Å²) in [7, 11) is -3.14. The number of rotatable bonds is 6. The Kier molecular flexibility index (Phi) is 8.57. The third-order valence-electron chi connectivity index (χ3n) is 6.19. The minimum absolute atomic E-state index is 0.00828. The van der Waals surface area contributed by atoms with Gasteiger partial charge in [0.1, 0.15) is 6.10 Å². The van der Waals surface area contributed by atoms with E-state index in [-0.39, 0.29) is 42.2 Å². The molecule has 0 bridgehead atoms. The van der Waals surface area contributed by atoms with Crippen LogP contribution in [0.3, 0.4) is 0 Å². The number of ether oxygens (including phenoxy) is 3. The van der Waals surface area contributed by atoms with Crippen LogP contribution >= 0.6 is 0 Å². The molecule has 10 heteroatoms. The molecule has 3 aliphatic heterocycles. The Morgan fingerprint density at radius 3 is 2.34 bits per heavy atom. The van der Waals surface area contributed by atoms with Gasteiger partial charge >= 0.3 is 6.09 Å². The lowest BCUT2D eigenvalue weighted by atomic mass is 10.0. The second kappa shape index (κ2) is 11.0. The summed E-state index contributed by atoms with van der Waals surface area (Å²) in [5.41, 5.74) is 0. The monoisotopic (exact) mass is 471 g/mol. The number of carbonyl (C=O) groups is 1. The molecule has 2 fully saturated rings. The van der Waals surface area contributed by atoms with E-state index in [1.807, 2.05) is 26.8 Å². The fourth-order valence-corrected chi connectivity index (χ4v) is 5.31. The summed E-state index contributed by atoms with van der Waals surface area (Å²) in [6, 6.07) is 0. The fraction of sp³-hybridized carbons (Fsp3) is 0.818. The molecule has 0 aliphatic carbocycles. The number of sulfonamides is 1. The van der Waals surface area contributed by atoms with Crippen LogP contribution in [0.5, 0.6) is 0 Å². The molecule has 0 aromatic rings. The van der Waals surface area contributed by atoms with E-state index in [0.717, 1.165) is 12.8 Å². The minimum Gasteiger partial charge on any atom is -0.477 e. The number of aliphatic imine (C=N–C) groups is 1. The first-order chi connectivity index (χ1) is 15.2. The van der Waals surface area contributed by atoms with Crippen LogP contribution in [0.1, 0.15) is 53.4 Å². The Balaban J connectivity index is 1.45. The van der Waals surface area contributed by atoms with E-state index in [4.69, 9.17) is 14.2 Å². The van der Waals surface area contributed by atoms with E-state index in [1.54, 1.807) is 22.3 Å². The summed E-state index contributed by atoms with van der Waals surface area (Å²) < 4.78 is 43.4. The molecule has 0 aromatic heterocycles. The molecule has 0 spiro atoms. The Hall–Kier alpha value is -1.65. The van der Waals surface area contributed by atoms with Crippen molar-refractivity contribution in [2.24, 2.45) is 10.9 Å². The summed E-state index contributed by atoms with van der Waals surface area (Å²) in [5, 5.41) is 0. The van der Waals surface area contributed by atoms with Crippen LogP contribution in [-0.2, 0) is 24.2 Å². The Morgan fingerprint density at radius 1 is 1.12 bits per heavy atom. The van der Waals surface area contributed by atoms with Gasteiger partial charge in [-0.1, -0.05) is 6.92 Å². The van der Waals surface area contributed by atoms with Crippen molar-refractivity contribution in [1.29, 1.82) is 0 Å². The van der Waals surface area contributed by atoms with Gasteiger partial charge in [-0.2, -0.15) is 0 Å². The number of carbonyl (C=O) groups excluding carboxylic acids is 1. The molecule has 182 valence electrons. The maximum Gasteiger partial charge on any atom is 0.410 e. The third-order valence-corrected chi connectivity index (χ3v) is 8.07. The van der Waals surface area contributed by atoms with E-state index in [1.165, 1.54) is 0 Å². The second-order valence-electron chi connectivity index (χ2n) is 8.93. The predicted molar refractivity (Wildman–Crippen MR) is 122 cm³/mol. The van der Waals surface area contributed by atoms with Gasteiger partial charge in [0.05, 0.1) is 30.0 Å². The average Bonchev–Trinajstić information content (AvgIpc) is 2.77. The number of piperidine rings is 2. The first-order valence-electron chi connectivity index (χ1n) is 11.7. The van der Waals surface area contributed by atoms with Gasteiger partial charge in [0.2, 0.25) is 10.0 Å². The first-order valence-corrected chi connectivity index (χ1v) is 13.3. The van der Waals surface area contributed by atoms with Crippen molar-refractivity contribution in [3.8, 4) is 0 Å². The molecule has 2 saturated heterocycles. The molecule has 32 heavy (non-hydrogen) atoms. The quantitative estimate of drug-likeness (QED) is 0.591. The van der Waals surface area contributed by atoms with E-state index in [0.29, 0.717) is 44.9 Å². The van der Waals surface area contributed by atoms with Gasteiger partial charge in [0.25, 0.3) is 0 Å². The van der Waals surface area contributed by atoms with Crippen molar-refractivity contribution in [1.82, 2.24) is 9.21 Å². The molecule has 1 amide bonds. The molecular weight excluding hydrogens is 434 g/mol. The summed E-state index contributed by atoms with van der Waals surface area (Å²) in [4.78, 5) is 18.2. The Morgan fingerprint density at radius 2 is 1.75 bits per heavy atom. The van der Waals surface area contributed by atoms with Gasteiger partial charge in [-0.3, -0.25) is 0 Å². The third kappa shape index (κ3) is 6.45. The lowest BCUT2D eigenvalue weighted by molar-refractivity contribution is -0.0296. The predicted octanol–water partition coefficient (Wildman–Crippen LogP) is 2.77. The standard InChI is InChI=1S/C22H37N3O6S/c1-5-32(27,28)25-14-9-18(10-15-25)30-20-6-11-23-21(17(20)4)31-19-7-12-24(13-8-19)22(26)29-16(2)3/h6,11,16-20H,5,7-10,12-15H2,1-4H3. The van der Waals surface area contributed by atoms with Gasteiger partial charge in [0, 0.05) is 45.2 Å². The van der Waals surface area contributed by atoms with Crippen molar-refractivity contribution < 1.29 is 27.4 Å². The zero-order valence-corrected chi connectivity index (χ0v) is 20.4. The van der Waals surface area contributed by atoms with Crippen LogP contribution in [0, 0.1) is 5.92 Å². The zero-order valence-electron chi connectivity index (χ0n) is 19.6. The highest BCUT2D eigenvalue weighted by molar-refractivity contribution is 7.89. The molecule has 0 aromatic carbocycles. The molecule has 2 atom stereocenters. The van der Waals surface area contributed by atoms with Crippen LogP contribution in [0.15, 0.2) is 17.3 Å². The molecule has 2 unspecified atom stereocenters. The van der Waals surface area contributed by atoms with E-state index in [2.05, 4.69) is 4.99 Å². The van der Waals surface area contributed by atoms with Crippen LogP contribution in [-0.4, -0.2) is 86.0 Å². The largest absolute Gasteiger partial charge is 0.477 e. The summed E-state index contributed by atoms with van der Waals surface area (Å²) in [5.74, 6) is 0.767. The highest BCUT2D eigenvalue weighted by Crippen LogP contribution is 2.26. The maximum atomic E-state index is 12.1. The smallest absolute Gasteiger partial charge is 0.410 e. The van der Waals surface area contributed by atoms with Crippen LogP contribution < -0.4 is 0 Å². The number of nitrogens with zero attached hydrogens (tertiary/aromatic N) is 3. The highest BCUT2D eigenvalue weighted by atomic mass is 32.2. The average molecular weight is 472 g/mol. The molecule has 9 nitrogen and oxygen atoms in total. The van der Waals surface area contributed by atoms with E-state index >= 15 is 0 Å². The molecule has 0 saturated carbocycles. The Bertz CT molecular complexity index is 796. The zero-order chi connectivity index (χ0) is 23.3. The SMILES string of the molecule is CCS(=O)(=O)N1CCC(OC2C=CN=C(OC3CCN(C(=O)OC(C)C)CC3)C2C)CC1. The van der Waals surface area contributed by atoms with Gasteiger partial charge in [-0.05, 0) is 39.7 Å². The van der Waals surface area contributed by atoms with E-state index < -0.39 is 10.0 Å². The van der Waals surface area contributed by atoms with E-state index in [9.17, 15) is 13.2 Å². The summed E-state index contributed by atoms with van der Waals surface area (Å²) in [6.45, 7) is 9.62. The van der Waals surface area contributed by atoms with Crippen LogP contribution in [0.25, 0.3) is 0 Å². The maximum absolute atomic E-state index is 12.1. The highest BCUT2D eigenvalue weighted by Gasteiger charge is 2.33. The number of amides is 1. The summed E-state index contributed by atoms with van der Waals surface area (Å²) >= 11 is 0. The second-order valence-corrected chi connectivity index (χ2v) is 11.2. The van der Waals surface area contributed by atoms with Crippen molar-refractivity contribution >= 4 is 22.0 Å². The van der Waals surface area contributed by atoms with Crippen molar-refractivity contribution in [2.75, 3.05) is 31.9 Å². The number of hydrogen-bond acceptors (Lipinski definition) is 7. The lowest BCUT2D eigenvalue weighted by Crippen LogP contribution is -2.45. The van der Waals surface area contributed by atoms with Crippen molar-refractivity contribution in [3.05, 3.63) is 12.3 Å². The minimum atomic E-state index is -3.14. The molecule has 0 radical (unpaired) electrons. The van der Waals surface area contributed by atoms with Gasteiger partial charge in [-0.15, -0.1) is 0 Å². The van der Waals surface area contributed by atoms with Crippen molar-refractivity contribution in [2.45, 2.75) is 77.8 Å². The fourth-order valence-electron chi connectivity index (χ4n) is 4.18. The van der Waals surface area contributed by atoms with Crippen molar-refractivity contribution in [3.63, 3.8) is 0 Å². The lowest BCUT2D eigenvalue weighted by Gasteiger charge is -2.36. The molecule has 3 rings (SSSR count). The van der Waals surface area contributed by atoms with Crippen LogP contribution in [0.2, 0.25) is 0 Å². The van der Waals surface area contributed by atoms with Gasteiger partial charge in [0.15, 0.2) is 5.90 Å². The molecule has 0 N–H and O–H groups in total. The Labute approximate surface area is 191 Å². The molecular formula is C22H37N3O6S. The van der Waals surface area contributed by atoms with Gasteiger partial charge < -0.3 is 19.1 Å². The normalized spacial score (nSPS) is 26.3. The topological polar surface area (TPSA) is 97.7 Å². The van der Waals surface area contributed by atoms with Crippen LogP contribution in [0.4, 0.5) is 4.79 Å².